The summed E-state index contributed by atoms with van der Waals surface area (Å²) in [7, 11) is 0. The smallest absolute Gasteiger partial charge is 0.550 e. The Balaban J connectivity index is 0. The fourth-order valence-corrected chi connectivity index (χ4v) is 0.696. The maximum Gasteiger partial charge on any atom is 3.00 e. The van der Waals surface area contributed by atoms with Gasteiger partial charge in [0.15, 0.2) is 0 Å². The largest absolute Gasteiger partial charge is 3.00 e. The molecule has 3 heteroatoms. The Morgan fingerprint density at radius 3 is 2.30 bits per heavy atom. The summed E-state index contributed by atoms with van der Waals surface area (Å²) < 4.78 is 0. The third kappa shape index (κ3) is 10.9. The van der Waals surface area contributed by atoms with E-state index < -0.39 is 5.97 Å². The van der Waals surface area contributed by atoms with Crippen molar-refractivity contribution in [3.8, 4) is 0 Å². The molecule has 0 aromatic carbocycles. The normalized spacial score (nSPS) is 8.50. The second kappa shape index (κ2) is 9.00. The van der Waals surface area contributed by atoms with Crippen LogP contribution in [0.25, 0.3) is 0 Å². The summed E-state index contributed by atoms with van der Waals surface area (Å²) in [6, 6.07) is 0. The minimum atomic E-state index is -0.925. The van der Waals surface area contributed by atoms with E-state index in [1.165, 1.54) is 0 Å². The van der Waals surface area contributed by atoms with Gasteiger partial charge in [-0.1, -0.05) is 26.2 Å². The number of carbonyl (C=O) groups excluding carboxylic acids is 1. The summed E-state index contributed by atoms with van der Waals surface area (Å²) in [5.74, 6) is -0.925. The van der Waals surface area contributed by atoms with Crippen LogP contribution in [-0.2, 0) is 22.2 Å². The Labute approximate surface area is 72.8 Å². The van der Waals surface area contributed by atoms with Gasteiger partial charge in [-0.3, -0.25) is 0 Å². The molecule has 2 nitrogen and oxygen atoms in total. The summed E-state index contributed by atoms with van der Waals surface area (Å²) in [5, 5.41) is 9.85. The van der Waals surface area contributed by atoms with Crippen molar-refractivity contribution >= 4 is 5.97 Å². The number of carbonyl (C=O) groups is 1. The number of hydrogen-bond donors (Lipinski definition) is 0. The van der Waals surface area contributed by atoms with E-state index in [-0.39, 0.29) is 23.8 Å². The number of hydrogen-bond acceptors (Lipinski definition) is 2. The van der Waals surface area contributed by atoms with E-state index in [1.54, 1.807) is 0 Å². The van der Waals surface area contributed by atoms with E-state index >= 15 is 0 Å². The standard InChI is InChI=1S/C7H14O2.Cr/c1-2-3-4-5-6-7(8)9;/h2-6H2,1H3,(H,8,9);/q;+3/p-1. The van der Waals surface area contributed by atoms with Gasteiger partial charge in [-0.2, -0.15) is 0 Å². The van der Waals surface area contributed by atoms with Crippen molar-refractivity contribution in [2.75, 3.05) is 0 Å². The summed E-state index contributed by atoms with van der Waals surface area (Å²) in [6.45, 7) is 2.10. The first-order chi connectivity index (χ1) is 4.27. The average molecular weight is 181 g/mol. The molecule has 0 aliphatic rings. The molecule has 0 amide bonds. The Morgan fingerprint density at radius 1 is 1.30 bits per heavy atom. The van der Waals surface area contributed by atoms with Crippen LogP contribution in [0.3, 0.4) is 0 Å². The zero-order chi connectivity index (χ0) is 7.11. The molecular formula is C7H13CrO2+2. The number of rotatable bonds is 5. The van der Waals surface area contributed by atoms with E-state index in [2.05, 4.69) is 6.92 Å². The van der Waals surface area contributed by atoms with Gasteiger partial charge in [-0.25, -0.2) is 0 Å². The molecule has 0 heterocycles. The molecule has 0 saturated heterocycles. The van der Waals surface area contributed by atoms with Crippen LogP contribution >= 0.6 is 0 Å². The summed E-state index contributed by atoms with van der Waals surface area (Å²) >= 11 is 0. The topological polar surface area (TPSA) is 40.1 Å². The maximum atomic E-state index is 9.85. The van der Waals surface area contributed by atoms with Crippen LogP contribution in [0.15, 0.2) is 0 Å². The molecule has 57 valence electrons. The molecule has 0 spiro atoms. The zero-order valence-electron chi connectivity index (χ0n) is 6.26. The molecular weight excluding hydrogens is 168 g/mol. The summed E-state index contributed by atoms with van der Waals surface area (Å²) in [5.41, 5.74) is 0. The van der Waals surface area contributed by atoms with Crippen molar-refractivity contribution in [3.05, 3.63) is 0 Å². The van der Waals surface area contributed by atoms with Gasteiger partial charge >= 0.3 is 17.4 Å². The number of carboxylic acid groups (broad SMARTS) is 1. The van der Waals surface area contributed by atoms with Gasteiger partial charge in [0.2, 0.25) is 0 Å². The van der Waals surface area contributed by atoms with Crippen LogP contribution in [-0.4, -0.2) is 5.97 Å². The molecule has 1 radical (unpaired) electrons. The first-order valence-corrected chi connectivity index (χ1v) is 3.47. The minimum Gasteiger partial charge on any atom is -0.550 e. The molecule has 0 N–H and O–H groups in total. The van der Waals surface area contributed by atoms with Crippen LogP contribution in [0.4, 0.5) is 0 Å². The molecule has 0 aliphatic heterocycles. The first kappa shape index (κ1) is 12.7. The van der Waals surface area contributed by atoms with Crippen LogP contribution in [0.1, 0.15) is 39.0 Å². The molecule has 0 bridgehead atoms. The van der Waals surface area contributed by atoms with E-state index in [9.17, 15) is 9.90 Å². The molecule has 0 unspecified atom stereocenters. The van der Waals surface area contributed by atoms with Gasteiger partial charge in [-0.05, 0) is 12.8 Å². The van der Waals surface area contributed by atoms with Gasteiger partial charge in [0, 0.05) is 5.97 Å². The molecule has 0 atom stereocenters. The van der Waals surface area contributed by atoms with Gasteiger partial charge in [0.1, 0.15) is 0 Å². The van der Waals surface area contributed by atoms with Crippen molar-refractivity contribution in [2.45, 2.75) is 39.0 Å². The molecule has 0 saturated carbocycles. The summed E-state index contributed by atoms with van der Waals surface area (Å²) in [6.07, 6.45) is 4.29. The van der Waals surface area contributed by atoms with Crippen molar-refractivity contribution in [2.24, 2.45) is 0 Å². The molecule has 0 aromatic rings. The monoisotopic (exact) mass is 181 g/mol. The van der Waals surface area contributed by atoms with Crippen molar-refractivity contribution < 1.29 is 27.3 Å². The third-order valence-electron chi connectivity index (χ3n) is 1.23. The average Bonchev–Trinajstić information content (AvgIpc) is 1.80. The molecule has 0 aliphatic carbocycles. The third-order valence-corrected chi connectivity index (χ3v) is 1.23. The predicted molar refractivity (Wildman–Crippen MR) is 33.8 cm³/mol. The second-order valence-electron chi connectivity index (χ2n) is 2.18. The van der Waals surface area contributed by atoms with E-state index in [1.807, 2.05) is 0 Å². The number of unbranched alkanes of at least 4 members (excludes halogenated alkanes) is 3. The Kier molecular flexibility index (Phi) is 11.4. The van der Waals surface area contributed by atoms with E-state index in [4.69, 9.17) is 0 Å². The number of carboxylic acids is 1. The van der Waals surface area contributed by atoms with Crippen LogP contribution in [0.2, 0.25) is 0 Å². The zero-order valence-corrected chi connectivity index (χ0v) is 7.54. The first-order valence-electron chi connectivity index (χ1n) is 3.47. The molecule has 0 fully saturated rings. The Bertz CT molecular complexity index is 83.7. The van der Waals surface area contributed by atoms with Crippen molar-refractivity contribution in [1.29, 1.82) is 0 Å². The predicted octanol–water partition coefficient (Wildman–Crippen LogP) is 0.704. The van der Waals surface area contributed by atoms with Crippen molar-refractivity contribution in [1.82, 2.24) is 0 Å². The Morgan fingerprint density at radius 2 is 1.90 bits per heavy atom. The minimum absolute atomic E-state index is 0. The van der Waals surface area contributed by atoms with E-state index in [0.29, 0.717) is 0 Å². The maximum absolute atomic E-state index is 9.85. The van der Waals surface area contributed by atoms with Crippen LogP contribution in [0, 0.1) is 0 Å². The van der Waals surface area contributed by atoms with E-state index in [0.717, 1.165) is 25.7 Å². The van der Waals surface area contributed by atoms with Gasteiger partial charge < -0.3 is 9.90 Å². The SMILES string of the molecule is CCCCCCC(=O)[O-].[Cr+3]. The fraction of sp³-hybridized carbons (Fsp3) is 0.857. The van der Waals surface area contributed by atoms with Crippen LogP contribution < -0.4 is 5.11 Å². The van der Waals surface area contributed by atoms with Crippen LogP contribution in [0.5, 0.6) is 0 Å². The Hall–Kier alpha value is 0.00247. The molecule has 0 rings (SSSR count). The van der Waals surface area contributed by atoms with Gasteiger partial charge in [0.25, 0.3) is 0 Å². The fourth-order valence-electron chi connectivity index (χ4n) is 0.696. The second-order valence-corrected chi connectivity index (χ2v) is 2.18. The number of aliphatic carboxylic acids is 1. The van der Waals surface area contributed by atoms with Gasteiger partial charge in [0.05, 0.1) is 0 Å². The van der Waals surface area contributed by atoms with Gasteiger partial charge in [-0.15, -0.1) is 0 Å². The molecule has 0 aromatic heterocycles. The molecule has 10 heavy (non-hydrogen) atoms. The summed E-state index contributed by atoms with van der Waals surface area (Å²) in [4.78, 5) is 9.85. The quantitative estimate of drug-likeness (QED) is 0.586. The van der Waals surface area contributed by atoms with Crippen molar-refractivity contribution in [3.63, 3.8) is 0 Å².